The van der Waals surface area contributed by atoms with Crippen LogP contribution in [-0.4, -0.2) is 70.0 Å². The Bertz CT molecular complexity index is 802. The summed E-state index contributed by atoms with van der Waals surface area (Å²) >= 11 is 5.55. The average Bonchev–Trinajstić information content (AvgIpc) is 3.32. The Morgan fingerprint density at radius 2 is 2.03 bits per heavy atom. The van der Waals surface area contributed by atoms with Crippen LogP contribution in [0.4, 0.5) is 5.69 Å². The van der Waals surface area contributed by atoms with Crippen LogP contribution in [-0.2, 0) is 0 Å². The van der Waals surface area contributed by atoms with Crippen molar-refractivity contribution in [3.63, 3.8) is 0 Å². The van der Waals surface area contributed by atoms with Gasteiger partial charge in [-0.1, -0.05) is 13.8 Å². The van der Waals surface area contributed by atoms with Crippen molar-refractivity contribution >= 4 is 23.0 Å². The number of nitrogens with zero attached hydrogens (tertiary/aromatic N) is 4. The standard InChI is InChI=1S/C23H34N6S/c1-3-27(4-2)16-19-17-28-13-10-18(19)14-22(28)15-24-23(30)26-20-6-8-21(9-7-20)29-12-5-11-25-29/h5-9,11-12,18-19,22H,3-4,10,13-17H2,1-2H3,(H2,24,26,30). The summed E-state index contributed by atoms with van der Waals surface area (Å²) in [6, 6.07) is 10.7. The second-order valence-electron chi connectivity index (χ2n) is 8.51. The predicted molar refractivity (Wildman–Crippen MR) is 127 cm³/mol. The smallest absolute Gasteiger partial charge is 0.170 e. The number of anilines is 1. The normalized spacial score (nSPS) is 25.4. The van der Waals surface area contributed by atoms with Crippen molar-refractivity contribution in [2.45, 2.75) is 32.7 Å². The highest BCUT2D eigenvalue weighted by molar-refractivity contribution is 7.80. The molecule has 5 rings (SSSR count). The van der Waals surface area contributed by atoms with Gasteiger partial charge in [0.15, 0.2) is 5.11 Å². The molecule has 1 aromatic heterocycles. The molecule has 3 fully saturated rings. The number of nitrogens with one attached hydrogen (secondary N) is 2. The molecule has 4 unspecified atom stereocenters. The molecule has 1 aromatic carbocycles. The molecule has 3 aliphatic heterocycles. The van der Waals surface area contributed by atoms with Crippen LogP contribution in [0.25, 0.3) is 5.69 Å². The fourth-order valence-corrected chi connectivity index (χ4v) is 5.19. The van der Waals surface area contributed by atoms with Crippen LogP contribution in [0.15, 0.2) is 42.7 Å². The number of hydrogen-bond acceptors (Lipinski definition) is 4. The summed E-state index contributed by atoms with van der Waals surface area (Å²) in [6.07, 6.45) is 6.37. The molecule has 3 saturated heterocycles. The first-order valence-corrected chi connectivity index (χ1v) is 11.7. The SMILES string of the molecule is CCN(CC)CC1CN2CCC1CC2CNC(=S)Nc1ccc(-n2cccn2)cc1. The monoisotopic (exact) mass is 426 g/mol. The van der Waals surface area contributed by atoms with Crippen LogP contribution in [0.2, 0.25) is 0 Å². The Morgan fingerprint density at radius 3 is 2.67 bits per heavy atom. The summed E-state index contributed by atoms with van der Waals surface area (Å²) in [5.74, 6) is 1.69. The van der Waals surface area contributed by atoms with Crippen molar-refractivity contribution in [2.75, 3.05) is 44.6 Å². The summed E-state index contributed by atoms with van der Waals surface area (Å²) in [7, 11) is 0. The zero-order chi connectivity index (χ0) is 20.9. The molecule has 0 amide bonds. The van der Waals surface area contributed by atoms with Crippen LogP contribution in [0.5, 0.6) is 0 Å². The van der Waals surface area contributed by atoms with E-state index in [2.05, 4.69) is 39.4 Å². The van der Waals surface area contributed by atoms with Gasteiger partial charge in [0.25, 0.3) is 0 Å². The van der Waals surface area contributed by atoms with Gasteiger partial charge in [-0.3, -0.25) is 4.90 Å². The van der Waals surface area contributed by atoms with Gasteiger partial charge in [0.1, 0.15) is 0 Å². The molecule has 0 radical (unpaired) electrons. The van der Waals surface area contributed by atoms with Gasteiger partial charge >= 0.3 is 0 Å². The van der Waals surface area contributed by atoms with Gasteiger partial charge in [-0.25, -0.2) is 4.68 Å². The number of fused-ring (bicyclic) bond motifs is 3. The summed E-state index contributed by atoms with van der Waals surface area (Å²) in [5, 5.41) is 11.7. The Hall–Kier alpha value is -1.96. The molecule has 0 saturated carbocycles. The minimum absolute atomic E-state index is 0.596. The van der Waals surface area contributed by atoms with Gasteiger partial charge in [0, 0.05) is 43.8 Å². The third-order valence-corrected chi connectivity index (χ3v) is 7.04. The third kappa shape index (κ3) is 5.02. The lowest BCUT2D eigenvalue weighted by Gasteiger charge is -2.51. The molecule has 3 aliphatic rings. The highest BCUT2D eigenvalue weighted by Crippen LogP contribution is 2.36. The largest absolute Gasteiger partial charge is 0.361 e. The Labute approximate surface area is 185 Å². The molecule has 162 valence electrons. The molecule has 7 heteroatoms. The van der Waals surface area contributed by atoms with E-state index in [-0.39, 0.29) is 0 Å². The van der Waals surface area contributed by atoms with E-state index >= 15 is 0 Å². The van der Waals surface area contributed by atoms with Gasteiger partial charge in [-0.15, -0.1) is 0 Å². The second-order valence-corrected chi connectivity index (χ2v) is 8.92. The van der Waals surface area contributed by atoms with Gasteiger partial charge in [0.2, 0.25) is 0 Å². The lowest BCUT2D eigenvalue weighted by molar-refractivity contribution is -0.00933. The minimum atomic E-state index is 0.596. The zero-order valence-electron chi connectivity index (χ0n) is 18.1. The minimum Gasteiger partial charge on any atom is -0.361 e. The van der Waals surface area contributed by atoms with Crippen LogP contribution in [0.3, 0.4) is 0 Å². The van der Waals surface area contributed by atoms with Crippen molar-refractivity contribution in [3.05, 3.63) is 42.7 Å². The topological polar surface area (TPSA) is 48.4 Å². The van der Waals surface area contributed by atoms with Gasteiger partial charge in [0.05, 0.1) is 5.69 Å². The highest BCUT2D eigenvalue weighted by atomic mass is 32.1. The summed E-state index contributed by atoms with van der Waals surface area (Å²) < 4.78 is 1.85. The molecule has 2 N–H and O–H groups in total. The molecule has 0 spiro atoms. The first-order valence-electron chi connectivity index (χ1n) is 11.3. The van der Waals surface area contributed by atoms with Crippen molar-refractivity contribution in [1.82, 2.24) is 24.9 Å². The maximum absolute atomic E-state index is 5.55. The van der Waals surface area contributed by atoms with Gasteiger partial charge in [-0.05, 0) is 86.9 Å². The fourth-order valence-electron chi connectivity index (χ4n) is 4.99. The number of hydrogen-bond donors (Lipinski definition) is 2. The van der Waals surface area contributed by atoms with Crippen LogP contribution < -0.4 is 10.6 Å². The van der Waals surface area contributed by atoms with E-state index in [4.69, 9.17) is 12.2 Å². The molecule has 4 heterocycles. The summed E-state index contributed by atoms with van der Waals surface area (Å²) in [4.78, 5) is 5.26. The zero-order valence-corrected chi connectivity index (χ0v) is 18.9. The molecular formula is C23H34N6S. The highest BCUT2D eigenvalue weighted by Gasteiger charge is 2.40. The summed E-state index contributed by atoms with van der Waals surface area (Å²) in [6.45, 7) is 11.5. The lowest BCUT2D eigenvalue weighted by Crippen LogP contribution is -2.58. The van der Waals surface area contributed by atoms with E-state index in [1.165, 1.54) is 32.5 Å². The van der Waals surface area contributed by atoms with E-state index in [1.807, 2.05) is 41.2 Å². The number of aromatic nitrogens is 2. The van der Waals surface area contributed by atoms with Crippen LogP contribution in [0, 0.1) is 11.8 Å². The predicted octanol–water partition coefficient (Wildman–Crippen LogP) is 3.21. The Balaban J connectivity index is 1.24. The van der Waals surface area contributed by atoms with E-state index in [1.54, 1.807) is 6.20 Å². The number of piperidine rings is 3. The molecule has 6 nitrogen and oxygen atoms in total. The number of thiocarbonyl (C=S) groups is 1. The van der Waals surface area contributed by atoms with Crippen molar-refractivity contribution in [1.29, 1.82) is 0 Å². The number of rotatable bonds is 8. The quantitative estimate of drug-likeness (QED) is 0.632. The van der Waals surface area contributed by atoms with Crippen LogP contribution >= 0.6 is 12.2 Å². The van der Waals surface area contributed by atoms with Crippen molar-refractivity contribution in [2.24, 2.45) is 11.8 Å². The maximum Gasteiger partial charge on any atom is 0.170 e. The Morgan fingerprint density at radius 1 is 1.23 bits per heavy atom. The number of benzene rings is 1. The first-order chi connectivity index (χ1) is 14.7. The molecule has 2 bridgehead atoms. The van der Waals surface area contributed by atoms with Gasteiger partial charge in [-0.2, -0.15) is 5.10 Å². The molecule has 2 aromatic rings. The molecular weight excluding hydrogens is 392 g/mol. The van der Waals surface area contributed by atoms with E-state index in [0.717, 1.165) is 42.8 Å². The van der Waals surface area contributed by atoms with E-state index in [0.29, 0.717) is 11.2 Å². The van der Waals surface area contributed by atoms with E-state index in [9.17, 15) is 0 Å². The van der Waals surface area contributed by atoms with Crippen molar-refractivity contribution in [3.8, 4) is 5.69 Å². The second kappa shape index (κ2) is 9.90. The third-order valence-electron chi connectivity index (χ3n) is 6.79. The summed E-state index contributed by atoms with van der Waals surface area (Å²) in [5.41, 5.74) is 2.03. The lowest BCUT2D eigenvalue weighted by atomic mass is 9.75. The molecule has 4 atom stereocenters. The Kier molecular flexibility index (Phi) is 7.02. The first kappa shape index (κ1) is 21.3. The average molecular weight is 427 g/mol. The fraction of sp³-hybridized carbons (Fsp3) is 0.565. The molecule has 0 aliphatic carbocycles. The maximum atomic E-state index is 5.55. The van der Waals surface area contributed by atoms with E-state index < -0.39 is 0 Å². The van der Waals surface area contributed by atoms with Crippen molar-refractivity contribution < 1.29 is 0 Å². The van der Waals surface area contributed by atoms with Crippen LogP contribution in [0.1, 0.15) is 26.7 Å². The molecule has 30 heavy (non-hydrogen) atoms. The van der Waals surface area contributed by atoms with Gasteiger partial charge < -0.3 is 15.5 Å².